The van der Waals surface area contributed by atoms with E-state index in [0.717, 1.165) is 77.5 Å². The molecule has 0 radical (unpaired) electrons. The molecule has 296 valence electrons. The number of fused-ring (bicyclic) bond motifs is 20. The molecule has 0 saturated heterocycles. The minimum absolute atomic E-state index is 0.486. The maximum atomic E-state index is 6.44. The van der Waals surface area contributed by atoms with Crippen molar-refractivity contribution in [3.8, 4) is 50.7 Å². The molecule has 9 aromatic carbocycles. The number of rotatable bonds is 3. The molecule has 0 atom stereocenters. The largest absolute Gasteiger partial charge is 0.456 e. The normalized spacial score (nSPS) is 13.4. The third kappa shape index (κ3) is 4.32. The van der Waals surface area contributed by atoms with E-state index in [-0.39, 0.29) is 0 Å². The molecule has 64 heavy (non-hydrogen) atoms. The standard InChI is InChI=1S/C59H33N3O2/c1-7-19-45-36(13-1)37-14-2-8-20-46(37)59(45)47-21-9-3-18-44(47)56-48(59)30-29-43-38-15-4-10-22-50(38)62(57(43)56)55-33-49(34-25-27-41-39-16-5-11-23-51(39)63-53(41)31-34)60-58(61-55)35-26-28-42-40-17-6-12-24-52(40)64-54(42)32-35/h1-33H. The maximum Gasteiger partial charge on any atom is 0.162 e. The lowest BCUT2D eigenvalue weighted by atomic mass is 9.70. The van der Waals surface area contributed by atoms with Crippen molar-refractivity contribution in [1.82, 2.24) is 14.5 Å². The number of hydrogen-bond donors (Lipinski definition) is 0. The van der Waals surface area contributed by atoms with Gasteiger partial charge in [0.15, 0.2) is 5.82 Å². The smallest absolute Gasteiger partial charge is 0.162 e. The lowest BCUT2D eigenvalue weighted by Crippen LogP contribution is -2.25. The number of para-hydroxylation sites is 3. The molecule has 0 N–H and O–H groups in total. The number of furan rings is 2. The summed E-state index contributed by atoms with van der Waals surface area (Å²) >= 11 is 0. The quantitative estimate of drug-likeness (QED) is 0.178. The van der Waals surface area contributed by atoms with Gasteiger partial charge < -0.3 is 8.83 Å². The van der Waals surface area contributed by atoms with E-state index in [1.807, 2.05) is 24.3 Å². The molecule has 4 aromatic heterocycles. The summed E-state index contributed by atoms with van der Waals surface area (Å²) in [4.78, 5) is 10.9. The number of hydrogen-bond acceptors (Lipinski definition) is 4. The van der Waals surface area contributed by atoms with Gasteiger partial charge in [-0.2, -0.15) is 0 Å². The highest BCUT2D eigenvalue weighted by Crippen LogP contribution is 2.64. The molecule has 0 amide bonds. The van der Waals surface area contributed by atoms with Gasteiger partial charge in [0.25, 0.3) is 0 Å². The molecule has 5 heteroatoms. The molecule has 1 spiro atoms. The van der Waals surface area contributed by atoms with Gasteiger partial charge in [-0.1, -0.05) is 152 Å². The van der Waals surface area contributed by atoms with E-state index in [1.165, 1.54) is 55.3 Å². The van der Waals surface area contributed by atoms with Crippen LogP contribution < -0.4 is 0 Å². The van der Waals surface area contributed by atoms with E-state index in [0.29, 0.717) is 5.82 Å². The van der Waals surface area contributed by atoms with Gasteiger partial charge in [-0.15, -0.1) is 0 Å². The Bertz CT molecular complexity index is 3990. The predicted molar refractivity (Wildman–Crippen MR) is 258 cm³/mol. The van der Waals surface area contributed by atoms with Crippen LogP contribution in [0.15, 0.2) is 209 Å². The molecule has 15 rings (SSSR count). The summed E-state index contributed by atoms with van der Waals surface area (Å²) in [5, 5.41) is 6.66. The van der Waals surface area contributed by atoms with E-state index in [4.69, 9.17) is 18.8 Å². The average molecular weight is 816 g/mol. The van der Waals surface area contributed by atoms with Crippen LogP contribution in [0.3, 0.4) is 0 Å². The van der Waals surface area contributed by atoms with E-state index in [1.54, 1.807) is 0 Å². The first kappa shape index (κ1) is 34.1. The Morgan fingerprint density at radius 3 is 1.58 bits per heavy atom. The summed E-state index contributed by atoms with van der Waals surface area (Å²) in [6.45, 7) is 0. The fourth-order valence-electron chi connectivity index (χ4n) is 11.4. The van der Waals surface area contributed by atoms with Crippen molar-refractivity contribution >= 4 is 65.7 Å². The highest BCUT2D eigenvalue weighted by molar-refractivity contribution is 6.17. The summed E-state index contributed by atoms with van der Waals surface area (Å²) in [7, 11) is 0. The third-order valence-electron chi connectivity index (χ3n) is 14.0. The summed E-state index contributed by atoms with van der Waals surface area (Å²) in [5.74, 6) is 1.38. The van der Waals surface area contributed by atoms with Crippen molar-refractivity contribution in [2.24, 2.45) is 0 Å². The summed E-state index contributed by atoms with van der Waals surface area (Å²) in [6.07, 6.45) is 0. The number of benzene rings is 9. The molecule has 0 saturated carbocycles. The van der Waals surface area contributed by atoms with Gasteiger partial charge in [0.1, 0.15) is 28.1 Å². The monoisotopic (exact) mass is 815 g/mol. The third-order valence-corrected chi connectivity index (χ3v) is 14.0. The van der Waals surface area contributed by atoms with Crippen LogP contribution in [0.2, 0.25) is 0 Å². The van der Waals surface area contributed by atoms with Gasteiger partial charge in [0.05, 0.1) is 22.1 Å². The Morgan fingerprint density at radius 2 is 0.891 bits per heavy atom. The lowest BCUT2D eigenvalue weighted by molar-refractivity contribution is 0.668. The second-order valence-corrected chi connectivity index (χ2v) is 17.2. The van der Waals surface area contributed by atoms with Crippen molar-refractivity contribution in [2.45, 2.75) is 5.41 Å². The van der Waals surface area contributed by atoms with Crippen LogP contribution in [0.1, 0.15) is 22.3 Å². The first-order valence-electron chi connectivity index (χ1n) is 21.8. The molecule has 2 aliphatic rings. The van der Waals surface area contributed by atoms with Crippen molar-refractivity contribution in [3.05, 3.63) is 222 Å². The molecule has 2 aliphatic carbocycles. The zero-order chi connectivity index (χ0) is 41.7. The highest BCUT2D eigenvalue weighted by Gasteiger charge is 2.52. The van der Waals surface area contributed by atoms with Crippen LogP contribution in [0.5, 0.6) is 0 Å². The highest BCUT2D eigenvalue weighted by atomic mass is 16.3. The van der Waals surface area contributed by atoms with E-state index in [9.17, 15) is 0 Å². The van der Waals surface area contributed by atoms with Crippen LogP contribution in [0.25, 0.3) is 116 Å². The zero-order valence-corrected chi connectivity index (χ0v) is 34.2. The van der Waals surface area contributed by atoms with Crippen LogP contribution >= 0.6 is 0 Å². The van der Waals surface area contributed by atoms with E-state index < -0.39 is 5.41 Å². The lowest BCUT2D eigenvalue weighted by Gasteiger charge is -2.30. The van der Waals surface area contributed by atoms with Gasteiger partial charge in [0.2, 0.25) is 0 Å². The van der Waals surface area contributed by atoms with Crippen molar-refractivity contribution < 1.29 is 8.83 Å². The second-order valence-electron chi connectivity index (χ2n) is 17.2. The minimum Gasteiger partial charge on any atom is -0.456 e. The molecular formula is C59H33N3O2. The Balaban J connectivity index is 1.05. The Hall–Kier alpha value is -8.54. The van der Waals surface area contributed by atoms with Gasteiger partial charge >= 0.3 is 0 Å². The fourth-order valence-corrected chi connectivity index (χ4v) is 11.4. The molecule has 0 unspecified atom stereocenters. The van der Waals surface area contributed by atoms with E-state index in [2.05, 4.69) is 180 Å². The first-order chi connectivity index (χ1) is 31.7. The molecule has 13 aromatic rings. The molecule has 0 bridgehead atoms. The zero-order valence-electron chi connectivity index (χ0n) is 34.2. The Morgan fingerprint density at radius 1 is 0.375 bits per heavy atom. The van der Waals surface area contributed by atoms with Crippen molar-refractivity contribution in [2.75, 3.05) is 0 Å². The number of aromatic nitrogens is 3. The molecule has 4 heterocycles. The Kier molecular flexibility index (Phi) is 6.56. The van der Waals surface area contributed by atoms with Crippen LogP contribution in [0.4, 0.5) is 0 Å². The van der Waals surface area contributed by atoms with Crippen LogP contribution in [-0.2, 0) is 5.41 Å². The van der Waals surface area contributed by atoms with Gasteiger partial charge in [-0.25, -0.2) is 9.97 Å². The predicted octanol–water partition coefficient (Wildman–Crippen LogP) is 15.0. The maximum absolute atomic E-state index is 6.44. The first-order valence-corrected chi connectivity index (χ1v) is 21.8. The summed E-state index contributed by atoms with van der Waals surface area (Å²) in [6, 6.07) is 71.8. The van der Waals surface area contributed by atoms with Gasteiger partial charge in [-0.05, 0) is 81.4 Å². The van der Waals surface area contributed by atoms with Crippen molar-refractivity contribution in [1.29, 1.82) is 0 Å². The van der Waals surface area contributed by atoms with E-state index >= 15 is 0 Å². The minimum atomic E-state index is -0.486. The molecular weight excluding hydrogens is 783 g/mol. The van der Waals surface area contributed by atoms with Crippen molar-refractivity contribution in [3.63, 3.8) is 0 Å². The van der Waals surface area contributed by atoms with Crippen LogP contribution in [0, 0.1) is 0 Å². The van der Waals surface area contributed by atoms with Gasteiger partial charge in [0, 0.05) is 55.1 Å². The summed E-state index contributed by atoms with van der Waals surface area (Å²) in [5.41, 5.74) is 17.9. The number of nitrogens with zero attached hydrogens (tertiary/aromatic N) is 3. The SMILES string of the molecule is c1ccc2c(c1)-c1ccccc1C21c2ccccc2-c2c1ccc1c3ccccc3n(-c3cc(-c4ccc5c(c4)oc4ccccc45)nc(-c4ccc5c(c4)oc4ccccc45)n3)c21. The Labute approximate surface area is 366 Å². The summed E-state index contributed by atoms with van der Waals surface area (Å²) < 4.78 is 15.3. The fraction of sp³-hybridized carbons (Fsp3) is 0.0169. The second kappa shape index (κ2) is 12.3. The van der Waals surface area contributed by atoms with Crippen LogP contribution in [-0.4, -0.2) is 14.5 Å². The molecule has 0 aliphatic heterocycles. The topological polar surface area (TPSA) is 57.0 Å². The average Bonchev–Trinajstić information content (AvgIpc) is 4.15. The molecule has 5 nitrogen and oxygen atoms in total. The molecule has 0 fully saturated rings. The van der Waals surface area contributed by atoms with Gasteiger partial charge in [-0.3, -0.25) is 4.57 Å².